The van der Waals surface area contributed by atoms with E-state index in [1.807, 2.05) is 46.1 Å². The van der Waals surface area contributed by atoms with Crippen molar-refractivity contribution in [2.45, 2.75) is 0 Å². The van der Waals surface area contributed by atoms with Crippen molar-refractivity contribution < 1.29 is 0 Å². The molecule has 0 atom stereocenters. The first kappa shape index (κ1) is 9.97. The van der Waals surface area contributed by atoms with Crippen LogP contribution in [0.4, 0.5) is 5.69 Å². The molecule has 1 aromatic rings. The molecule has 0 amide bonds. The molecular weight excluding hydrogens is 283 g/mol. The Bertz CT molecular complexity index is 627. The zero-order valence-electron chi connectivity index (χ0n) is 8.33. The van der Waals surface area contributed by atoms with E-state index >= 15 is 0 Å². The topological polar surface area (TPSA) is 25.2 Å². The van der Waals surface area contributed by atoms with Crippen LogP contribution in [0.3, 0.4) is 0 Å². The van der Waals surface area contributed by atoms with Gasteiger partial charge in [-0.2, -0.15) is 0 Å². The SMILES string of the molecule is c1ccc(N=c2ccc3n[se]sc-3c2)cc1. The van der Waals surface area contributed by atoms with Gasteiger partial charge in [0.1, 0.15) is 0 Å². The van der Waals surface area contributed by atoms with E-state index in [1.165, 1.54) is 4.88 Å². The van der Waals surface area contributed by atoms with Gasteiger partial charge in [-0.1, -0.05) is 0 Å². The van der Waals surface area contributed by atoms with Crippen LogP contribution in [0.25, 0.3) is 10.6 Å². The van der Waals surface area contributed by atoms with Crippen molar-refractivity contribution in [3.05, 3.63) is 53.9 Å². The first-order chi connectivity index (χ1) is 7.92. The predicted molar refractivity (Wildman–Crippen MR) is 67.3 cm³/mol. The van der Waals surface area contributed by atoms with Crippen molar-refractivity contribution in [1.29, 1.82) is 0 Å². The summed E-state index contributed by atoms with van der Waals surface area (Å²) in [6, 6.07) is 16.2. The van der Waals surface area contributed by atoms with Gasteiger partial charge in [-0.05, 0) is 0 Å². The predicted octanol–water partition coefficient (Wildman–Crippen LogP) is 2.54. The molecular formula is C12H8N2SSe. The summed E-state index contributed by atoms with van der Waals surface area (Å²) in [6.07, 6.45) is 0. The van der Waals surface area contributed by atoms with Crippen LogP contribution in [0, 0.1) is 0 Å². The van der Waals surface area contributed by atoms with Crippen LogP contribution in [-0.4, -0.2) is 17.6 Å². The van der Waals surface area contributed by atoms with E-state index in [2.05, 4.69) is 21.1 Å². The molecule has 0 unspecified atom stereocenters. The van der Waals surface area contributed by atoms with Gasteiger partial charge in [0.25, 0.3) is 0 Å². The molecule has 0 aromatic heterocycles. The van der Waals surface area contributed by atoms with Crippen molar-refractivity contribution in [2.24, 2.45) is 4.99 Å². The van der Waals surface area contributed by atoms with Gasteiger partial charge in [-0.15, -0.1) is 0 Å². The van der Waals surface area contributed by atoms with E-state index in [0.717, 1.165) is 16.7 Å². The van der Waals surface area contributed by atoms with Crippen LogP contribution >= 0.6 is 9.72 Å². The summed E-state index contributed by atoms with van der Waals surface area (Å²) in [6.45, 7) is 0. The summed E-state index contributed by atoms with van der Waals surface area (Å²) in [5, 5.41) is 1.00. The molecule has 0 bridgehead atoms. The number of hydrogen-bond acceptors (Lipinski definition) is 3. The van der Waals surface area contributed by atoms with Crippen LogP contribution in [-0.2, 0) is 0 Å². The van der Waals surface area contributed by atoms with Crippen molar-refractivity contribution in [3.8, 4) is 10.6 Å². The molecule has 0 spiro atoms. The average Bonchev–Trinajstić information content (AvgIpc) is 2.77. The van der Waals surface area contributed by atoms with Gasteiger partial charge in [0.2, 0.25) is 0 Å². The molecule has 1 aliphatic carbocycles. The third-order valence-corrected chi connectivity index (χ3v) is 5.36. The number of rotatable bonds is 1. The quantitative estimate of drug-likeness (QED) is 0.633. The van der Waals surface area contributed by atoms with Crippen molar-refractivity contribution in [2.75, 3.05) is 0 Å². The van der Waals surface area contributed by atoms with Crippen molar-refractivity contribution >= 4 is 29.0 Å². The fourth-order valence-corrected chi connectivity index (χ4v) is 4.58. The van der Waals surface area contributed by atoms with Crippen molar-refractivity contribution in [1.82, 2.24) is 3.98 Å². The van der Waals surface area contributed by atoms with Crippen molar-refractivity contribution in [3.63, 3.8) is 0 Å². The minimum absolute atomic E-state index is 0.327. The molecule has 0 saturated carbocycles. The van der Waals surface area contributed by atoms with Crippen LogP contribution < -0.4 is 5.36 Å². The van der Waals surface area contributed by atoms with Gasteiger partial charge in [0.05, 0.1) is 0 Å². The van der Waals surface area contributed by atoms with E-state index in [9.17, 15) is 0 Å². The zero-order valence-corrected chi connectivity index (χ0v) is 10.9. The molecule has 1 heterocycles. The number of nitrogens with zero attached hydrogens (tertiary/aromatic N) is 2. The summed E-state index contributed by atoms with van der Waals surface area (Å²) in [5.41, 5.74) is 2.12. The Morgan fingerprint density at radius 3 is 2.81 bits per heavy atom. The number of fused-ring (bicyclic) bond motifs is 1. The number of benzene rings is 2. The second kappa shape index (κ2) is 4.34. The van der Waals surface area contributed by atoms with Gasteiger partial charge < -0.3 is 0 Å². The van der Waals surface area contributed by atoms with Crippen LogP contribution in [0.1, 0.15) is 0 Å². The number of para-hydroxylation sites is 1. The van der Waals surface area contributed by atoms with E-state index in [4.69, 9.17) is 0 Å². The van der Waals surface area contributed by atoms with Crippen LogP contribution in [0.5, 0.6) is 0 Å². The summed E-state index contributed by atoms with van der Waals surface area (Å²) in [5.74, 6) is 0. The average molecular weight is 291 g/mol. The fraction of sp³-hybridized carbons (Fsp3) is 0. The molecule has 1 aromatic carbocycles. The fourth-order valence-electron chi connectivity index (χ4n) is 1.47. The monoisotopic (exact) mass is 292 g/mol. The molecule has 0 fully saturated rings. The molecule has 0 radical (unpaired) electrons. The van der Waals surface area contributed by atoms with Gasteiger partial charge in [-0.3, -0.25) is 0 Å². The van der Waals surface area contributed by atoms with Gasteiger partial charge >= 0.3 is 102 Å². The molecule has 3 rings (SSSR count). The Balaban J connectivity index is 2.13. The Labute approximate surface area is 102 Å². The standard InChI is InChI=1S/C12H8N2SSe/c1-2-4-9(5-3-1)13-10-6-7-11-12(8-10)15-16-14-11/h1-8H. The van der Waals surface area contributed by atoms with Crippen LogP contribution in [0.2, 0.25) is 0 Å². The summed E-state index contributed by atoms with van der Waals surface area (Å²) >= 11 is 0.327. The summed E-state index contributed by atoms with van der Waals surface area (Å²) in [4.78, 5) is 5.83. The Morgan fingerprint density at radius 1 is 1.06 bits per heavy atom. The van der Waals surface area contributed by atoms with Gasteiger partial charge in [0, 0.05) is 0 Å². The number of hydrogen-bond donors (Lipinski definition) is 0. The molecule has 0 N–H and O–H groups in total. The Morgan fingerprint density at radius 2 is 1.94 bits per heavy atom. The summed E-state index contributed by atoms with van der Waals surface area (Å²) in [7, 11) is 1.83. The Hall–Kier alpha value is -1.22. The third-order valence-electron chi connectivity index (χ3n) is 2.22. The maximum absolute atomic E-state index is 4.57. The maximum atomic E-state index is 4.57. The molecule has 4 heteroatoms. The first-order valence-electron chi connectivity index (χ1n) is 4.87. The molecule has 16 heavy (non-hydrogen) atoms. The molecule has 78 valence electrons. The van der Waals surface area contributed by atoms with E-state index in [0.29, 0.717) is 13.6 Å². The third kappa shape index (κ3) is 2.00. The Kier molecular flexibility index (Phi) is 2.70. The second-order valence-electron chi connectivity index (χ2n) is 3.35. The molecule has 2 nitrogen and oxygen atoms in total. The summed E-state index contributed by atoms with van der Waals surface area (Å²) < 4.78 is 4.43. The zero-order chi connectivity index (χ0) is 10.8. The van der Waals surface area contributed by atoms with Crippen LogP contribution in [0.15, 0.2) is 53.5 Å². The molecule has 2 aliphatic rings. The minimum atomic E-state index is 0.327. The number of aromatic nitrogens is 1. The molecule has 1 aliphatic heterocycles. The van der Waals surface area contributed by atoms with Gasteiger partial charge in [-0.25, -0.2) is 0 Å². The second-order valence-corrected chi connectivity index (χ2v) is 6.47. The van der Waals surface area contributed by atoms with E-state index < -0.39 is 0 Å². The van der Waals surface area contributed by atoms with Gasteiger partial charge in [0.15, 0.2) is 0 Å². The first-order valence-corrected chi connectivity index (χ1v) is 8.48. The van der Waals surface area contributed by atoms with E-state index in [-0.39, 0.29) is 0 Å². The van der Waals surface area contributed by atoms with E-state index in [1.54, 1.807) is 0 Å². The normalized spacial score (nSPS) is 12.1. The molecule has 0 saturated heterocycles.